The molecule has 32 valence electrons. The van der Waals surface area contributed by atoms with Crippen LogP contribution in [0, 0.1) is 0 Å². The zero-order valence-corrected chi connectivity index (χ0v) is 4.65. The number of hydrogen-bond acceptors (Lipinski definition) is 1. The van der Waals surface area contributed by atoms with Crippen molar-refractivity contribution >= 4 is 17.0 Å². The van der Waals surface area contributed by atoms with Crippen molar-refractivity contribution in [3.63, 3.8) is 0 Å². The van der Waals surface area contributed by atoms with Crippen LogP contribution < -0.4 is 0 Å². The SMILES string of the molecule is Br.C1COC1. The molecule has 1 aliphatic heterocycles. The monoisotopic (exact) mass is 138 g/mol. The third-order valence-corrected chi connectivity index (χ3v) is 0.577. The Bertz CT molecular complexity index is 14.9. The van der Waals surface area contributed by atoms with Gasteiger partial charge in [-0.05, 0) is 6.42 Å². The second-order valence-corrected chi connectivity index (χ2v) is 0.966. The molecule has 0 spiro atoms. The van der Waals surface area contributed by atoms with Crippen molar-refractivity contribution in [2.75, 3.05) is 13.2 Å². The minimum atomic E-state index is 0. The van der Waals surface area contributed by atoms with Gasteiger partial charge in [0.2, 0.25) is 0 Å². The van der Waals surface area contributed by atoms with E-state index >= 15 is 0 Å². The Morgan fingerprint density at radius 3 is 1.40 bits per heavy atom. The molecule has 0 saturated carbocycles. The molecule has 0 atom stereocenters. The Morgan fingerprint density at radius 2 is 1.40 bits per heavy atom. The molecule has 1 rings (SSSR count). The Morgan fingerprint density at radius 1 is 1.20 bits per heavy atom. The molecule has 0 unspecified atom stereocenters. The van der Waals surface area contributed by atoms with E-state index in [1.807, 2.05) is 0 Å². The summed E-state index contributed by atoms with van der Waals surface area (Å²) in [7, 11) is 0. The Balaban J connectivity index is 0.000000160. The van der Waals surface area contributed by atoms with Gasteiger partial charge in [-0.3, -0.25) is 0 Å². The maximum atomic E-state index is 4.72. The maximum absolute atomic E-state index is 4.72. The largest absolute Gasteiger partial charge is 0.381 e. The first-order valence-electron chi connectivity index (χ1n) is 1.58. The summed E-state index contributed by atoms with van der Waals surface area (Å²) in [5.41, 5.74) is 0. The normalized spacial score (nSPS) is 19.2. The highest BCUT2D eigenvalue weighted by Gasteiger charge is 1.94. The van der Waals surface area contributed by atoms with Crippen LogP contribution in [0.3, 0.4) is 0 Å². The molecule has 0 aromatic heterocycles. The maximum Gasteiger partial charge on any atom is 0.0488 e. The van der Waals surface area contributed by atoms with Crippen LogP contribution in [0.4, 0.5) is 0 Å². The summed E-state index contributed by atoms with van der Waals surface area (Å²) >= 11 is 0. The summed E-state index contributed by atoms with van der Waals surface area (Å²) in [6, 6.07) is 0. The fourth-order valence-corrected chi connectivity index (χ4v) is 0.144. The highest BCUT2D eigenvalue weighted by molar-refractivity contribution is 8.93. The van der Waals surface area contributed by atoms with Gasteiger partial charge in [-0.1, -0.05) is 0 Å². The lowest BCUT2D eigenvalue weighted by Gasteiger charge is -2.09. The quantitative estimate of drug-likeness (QED) is 0.486. The van der Waals surface area contributed by atoms with Gasteiger partial charge in [0.1, 0.15) is 0 Å². The molecule has 1 nitrogen and oxygen atoms in total. The lowest BCUT2D eigenvalue weighted by atomic mass is 10.4. The summed E-state index contributed by atoms with van der Waals surface area (Å²) in [5.74, 6) is 0. The van der Waals surface area contributed by atoms with Crippen LogP contribution in [0.25, 0.3) is 0 Å². The minimum Gasteiger partial charge on any atom is -0.381 e. The van der Waals surface area contributed by atoms with Crippen molar-refractivity contribution in [1.82, 2.24) is 0 Å². The average molecular weight is 139 g/mol. The first kappa shape index (κ1) is 5.44. The summed E-state index contributed by atoms with van der Waals surface area (Å²) in [4.78, 5) is 0. The van der Waals surface area contributed by atoms with Gasteiger partial charge in [0.25, 0.3) is 0 Å². The van der Waals surface area contributed by atoms with Gasteiger partial charge in [0.05, 0.1) is 0 Å². The van der Waals surface area contributed by atoms with E-state index in [0.29, 0.717) is 0 Å². The molecule has 0 aromatic rings. The van der Waals surface area contributed by atoms with Crippen molar-refractivity contribution in [1.29, 1.82) is 0 Å². The highest BCUT2D eigenvalue weighted by Crippen LogP contribution is 1.92. The van der Waals surface area contributed by atoms with Crippen molar-refractivity contribution in [2.24, 2.45) is 0 Å². The first-order chi connectivity index (χ1) is 2.00. The third kappa shape index (κ3) is 1.34. The predicted molar refractivity (Wildman–Crippen MR) is 25.8 cm³/mol. The van der Waals surface area contributed by atoms with Crippen molar-refractivity contribution in [2.45, 2.75) is 6.42 Å². The summed E-state index contributed by atoms with van der Waals surface area (Å²) < 4.78 is 4.72. The molecule has 1 aliphatic rings. The van der Waals surface area contributed by atoms with Crippen LogP contribution >= 0.6 is 17.0 Å². The van der Waals surface area contributed by atoms with E-state index in [0.717, 1.165) is 13.2 Å². The first-order valence-corrected chi connectivity index (χ1v) is 1.58. The Hall–Kier alpha value is 0.440. The van der Waals surface area contributed by atoms with Gasteiger partial charge in [-0.2, -0.15) is 0 Å². The molecule has 0 bridgehead atoms. The van der Waals surface area contributed by atoms with Crippen LogP contribution in [0.1, 0.15) is 6.42 Å². The van der Waals surface area contributed by atoms with Crippen molar-refractivity contribution in [3.05, 3.63) is 0 Å². The van der Waals surface area contributed by atoms with Gasteiger partial charge in [0, 0.05) is 13.2 Å². The molecule has 0 aromatic carbocycles. The standard InChI is InChI=1S/C3H6O.BrH/c1-2-4-3-1;/h1-3H2;1H. The van der Waals surface area contributed by atoms with Gasteiger partial charge in [-0.15, -0.1) is 17.0 Å². The van der Waals surface area contributed by atoms with E-state index in [1.165, 1.54) is 6.42 Å². The second kappa shape index (κ2) is 2.67. The summed E-state index contributed by atoms with van der Waals surface area (Å²) in [6.45, 7) is 2.00. The van der Waals surface area contributed by atoms with E-state index < -0.39 is 0 Å². The molecule has 1 fully saturated rings. The van der Waals surface area contributed by atoms with Crippen LogP contribution in [-0.4, -0.2) is 13.2 Å². The highest BCUT2D eigenvalue weighted by atomic mass is 79.9. The van der Waals surface area contributed by atoms with E-state index in [9.17, 15) is 0 Å². The molecular formula is C3H7BrO. The minimum absolute atomic E-state index is 0. The molecule has 0 amide bonds. The third-order valence-electron chi connectivity index (χ3n) is 0.577. The van der Waals surface area contributed by atoms with Gasteiger partial charge >= 0.3 is 0 Å². The molecule has 0 N–H and O–H groups in total. The van der Waals surface area contributed by atoms with Gasteiger partial charge in [0.15, 0.2) is 0 Å². The average Bonchev–Trinajstić information content (AvgIpc) is 0.722. The molecule has 0 radical (unpaired) electrons. The molecule has 1 heterocycles. The number of rotatable bonds is 0. The topological polar surface area (TPSA) is 9.23 Å². The van der Waals surface area contributed by atoms with E-state index in [2.05, 4.69) is 0 Å². The number of hydrogen-bond donors (Lipinski definition) is 0. The number of ether oxygens (including phenoxy) is 1. The molecule has 2 heteroatoms. The Labute approximate surface area is 42.1 Å². The second-order valence-electron chi connectivity index (χ2n) is 0.966. The van der Waals surface area contributed by atoms with Crippen LogP contribution in [0.15, 0.2) is 0 Å². The van der Waals surface area contributed by atoms with Crippen LogP contribution in [0.2, 0.25) is 0 Å². The van der Waals surface area contributed by atoms with E-state index in [1.54, 1.807) is 0 Å². The molecule has 1 saturated heterocycles. The lowest BCUT2D eigenvalue weighted by Crippen LogP contribution is -2.09. The van der Waals surface area contributed by atoms with Crippen molar-refractivity contribution < 1.29 is 4.74 Å². The molecule has 0 aliphatic carbocycles. The summed E-state index contributed by atoms with van der Waals surface area (Å²) in [6.07, 6.45) is 1.28. The number of halogens is 1. The van der Waals surface area contributed by atoms with Crippen LogP contribution in [0.5, 0.6) is 0 Å². The Kier molecular flexibility index (Phi) is 2.90. The fraction of sp³-hybridized carbons (Fsp3) is 1.00. The van der Waals surface area contributed by atoms with E-state index in [4.69, 9.17) is 4.74 Å². The smallest absolute Gasteiger partial charge is 0.0488 e. The van der Waals surface area contributed by atoms with Gasteiger partial charge in [-0.25, -0.2) is 0 Å². The predicted octanol–water partition coefficient (Wildman–Crippen LogP) is 0.985. The van der Waals surface area contributed by atoms with Gasteiger partial charge < -0.3 is 4.74 Å². The lowest BCUT2D eigenvalue weighted by molar-refractivity contribution is 0.0367. The van der Waals surface area contributed by atoms with Crippen molar-refractivity contribution in [3.8, 4) is 0 Å². The van der Waals surface area contributed by atoms with E-state index in [-0.39, 0.29) is 17.0 Å². The van der Waals surface area contributed by atoms with Crippen LogP contribution in [-0.2, 0) is 4.74 Å². The molecular weight excluding hydrogens is 132 g/mol. The zero-order chi connectivity index (χ0) is 2.83. The zero-order valence-electron chi connectivity index (χ0n) is 2.94. The fourth-order valence-electron chi connectivity index (χ4n) is 0.144. The molecule has 5 heavy (non-hydrogen) atoms. The summed E-state index contributed by atoms with van der Waals surface area (Å²) in [5, 5.41) is 0.